The number of amides is 2. The third-order valence-electron chi connectivity index (χ3n) is 3.18. The van der Waals surface area contributed by atoms with Gasteiger partial charge in [-0.15, -0.1) is 0 Å². The van der Waals surface area contributed by atoms with Crippen LogP contribution in [0, 0.1) is 0 Å². The monoisotopic (exact) mass is 257 g/mol. The Morgan fingerprint density at radius 2 is 2.17 bits per heavy atom. The molecule has 1 rings (SSSR count). The number of carboxylic acids is 1. The lowest BCUT2D eigenvalue weighted by Crippen LogP contribution is -2.48. The summed E-state index contributed by atoms with van der Waals surface area (Å²) in [6, 6.07) is -0.868. The van der Waals surface area contributed by atoms with Crippen LogP contribution in [-0.4, -0.2) is 66.2 Å². The van der Waals surface area contributed by atoms with Gasteiger partial charge >= 0.3 is 12.0 Å². The van der Waals surface area contributed by atoms with Crippen LogP contribution in [0.25, 0.3) is 0 Å². The Kier molecular flexibility index (Phi) is 5.40. The van der Waals surface area contributed by atoms with Gasteiger partial charge in [0.05, 0.1) is 0 Å². The van der Waals surface area contributed by atoms with Gasteiger partial charge in [0, 0.05) is 12.6 Å². The highest BCUT2D eigenvalue weighted by molar-refractivity contribution is 5.83. The molecule has 18 heavy (non-hydrogen) atoms. The van der Waals surface area contributed by atoms with Crippen molar-refractivity contribution in [3.8, 4) is 0 Å². The molecule has 0 spiro atoms. The van der Waals surface area contributed by atoms with Crippen LogP contribution in [0.2, 0.25) is 0 Å². The van der Waals surface area contributed by atoms with Gasteiger partial charge < -0.3 is 20.2 Å². The predicted octanol–water partition coefficient (Wildman–Crippen LogP) is 0.585. The lowest BCUT2D eigenvalue weighted by Gasteiger charge is -2.24. The van der Waals surface area contributed by atoms with Crippen molar-refractivity contribution >= 4 is 12.0 Å². The summed E-state index contributed by atoms with van der Waals surface area (Å²) in [5, 5.41) is 11.9. The fraction of sp³-hybridized carbons (Fsp3) is 0.833. The zero-order valence-electron chi connectivity index (χ0n) is 11.3. The van der Waals surface area contributed by atoms with E-state index in [9.17, 15) is 9.59 Å². The molecule has 1 aliphatic heterocycles. The molecular formula is C12H23N3O3. The third-order valence-corrected chi connectivity index (χ3v) is 3.18. The van der Waals surface area contributed by atoms with Gasteiger partial charge in [-0.05, 0) is 46.8 Å². The smallest absolute Gasteiger partial charge is 0.326 e. The number of nitrogens with one attached hydrogen (secondary N) is 1. The largest absolute Gasteiger partial charge is 0.480 e. The summed E-state index contributed by atoms with van der Waals surface area (Å²) in [6.07, 6.45) is 2.16. The number of carbonyl (C=O) groups is 2. The number of nitrogens with zero attached hydrogens (tertiary/aromatic N) is 2. The molecule has 1 aliphatic rings. The van der Waals surface area contributed by atoms with E-state index in [2.05, 4.69) is 10.2 Å². The van der Waals surface area contributed by atoms with Crippen LogP contribution in [-0.2, 0) is 4.79 Å². The zero-order chi connectivity index (χ0) is 13.7. The van der Waals surface area contributed by atoms with E-state index in [0.29, 0.717) is 13.0 Å². The average Bonchev–Trinajstić information content (AvgIpc) is 2.75. The van der Waals surface area contributed by atoms with E-state index in [1.54, 1.807) is 0 Å². The average molecular weight is 257 g/mol. The number of urea groups is 1. The highest BCUT2D eigenvalue weighted by Crippen LogP contribution is 2.17. The van der Waals surface area contributed by atoms with Crippen LogP contribution in [0.15, 0.2) is 0 Å². The number of rotatable bonds is 5. The van der Waals surface area contributed by atoms with E-state index in [1.807, 2.05) is 21.0 Å². The lowest BCUT2D eigenvalue weighted by atomic mass is 10.2. The predicted molar refractivity (Wildman–Crippen MR) is 68.5 cm³/mol. The molecular weight excluding hydrogens is 234 g/mol. The molecule has 1 saturated heterocycles. The molecule has 6 nitrogen and oxygen atoms in total. The van der Waals surface area contributed by atoms with E-state index >= 15 is 0 Å². The van der Waals surface area contributed by atoms with Crippen molar-refractivity contribution in [2.24, 2.45) is 0 Å². The van der Waals surface area contributed by atoms with E-state index in [4.69, 9.17) is 5.11 Å². The Bertz CT molecular complexity index is 307. The molecule has 0 aliphatic carbocycles. The summed E-state index contributed by atoms with van der Waals surface area (Å²) < 4.78 is 0. The molecule has 2 amide bonds. The van der Waals surface area contributed by atoms with Crippen molar-refractivity contribution in [3.63, 3.8) is 0 Å². The minimum atomic E-state index is -0.913. The van der Waals surface area contributed by atoms with Gasteiger partial charge in [0.15, 0.2) is 0 Å². The Hall–Kier alpha value is -1.30. The summed E-state index contributed by atoms with van der Waals surface area (Å²) in [7, 11) is 3.96. The second-order valence-electron chi connectivity index (χ2n) is 5.13. The van der Waals surface area contributed by atoms with Gasteiger partial charge in [0.25, 0.3) is 0 Å². The molecule has 0 saturated carbocycles. The summed E-state index contributed by atoms with van der Waals surface area (Å²) in [6.45, 7) is 3.36. The zero-order valence-corrected chi connectivity index (χ0v) is 11.3. The third kappa shape index (κ3) is 4.18. The van der Waals surface area contributed by atoms with Crippen LogP contribution < -0.4 is 5.32 Å². The first-order chi connectivity index (χ1) is 8.41. The number of carbonyl (C=O) groups excluding carboxylic acids is 1. The molecule has 1 fully saturated rings. The van der Waals surface area contributed by atoms with Crippen molar-refractivity contribution in [1.29, 1.82) is 0 Å². The van der Waals surface area contributed by atoms with Crippen molar-refractivity contribution in [3.05, 3.63) is 0 Å². The Balaban J connectivity index is 2.42. The van der Waals surface area contributed by atoms with Crippen molar-refractivity contribution in [2.75, 3.05) is 27.2 Å². The quantitative estimate of drug-likeness (QED) is 0.756. The fourth-order valence-electron chi connectivity index (χ4n) is 2.08. The summed E-state index contributed by atoms with van der Waals surface area (Å²) in [4.78, 5) is 26.4. The van der Waals surface area contributed by atoms with Crippen molar-refractivity contribution < 1.29 is 14.7 Å². The minimum Gasteiger partial charge on any atom is -0.480 e. The van der Waals surface area contributed by atoms with Crippen LogP contribution >= 0.6 is 0 Å². The van der Waals surface area contributed by atoms with Crippen molar-refractivity contribution in [1.82, 2.24) is 15.1 Å². The molecule has 0 aromatic heterocycles. The normalized spacial score (nSPS) is 21.1. The van der Waals surface area contributed by atoms with Crippen LogP contribution in [0.4, 0.5) is 4.79 Å². The van der Waals surface area contributed by atoms with Gasteiger partial charge in [-0.3, -0.25) is 0 Å². The van der Waals surface area contributed by atoms with E-state index in [1.165, 1.54) is 4.90 Å². The SMILES string of the molecule is CC(CCN(C)C)NC(=O)N1CCC[C@H]1C(=O)O. The van der Waals surface area contributed by atoms with Gasteiger partial charge in [-0.25, -0.2) is 9.59 Å². The second kappa shape index (κ2) is 6.58. The number of aliphatic carboxylic acids is 1. The summed E-state index contributed by atoms with van der Waals surface area (Å²) >= 11 is 0. The maximum Gasteiger partial charge on any atom is 0.326 e. The summed E-state index contributed by atoms with van der Waals surface area (Å²) in [5.41, 5.74) is 0. The van der Waals surface area contributed by atoms with E-state index < -0.39 is 12.0 Å². The number of likely N-dealkylation sites (tertiary alicyclic amines) is 1. The minimum absolute atomic E-state index is 0.0509. The molecule has 104 valence electrons. The molecule has 2 N–H and O–H groups in total. The highest BCUT2D eigenvalue weighted by Gasteiger charge is 2.34. The molecule has 1 unspecified atom stereocenters. The van der Waals surface area contributed by atoms with Crippen LogP contribution in [0.3, 0.4) is 0 Å². The highest BCUT2D eigenvalue weighted by atomic mass is 16.4. The second-order valence-corrected chi connectivity index (χ2v) is 5.13. The molecule has 6 heteroatoms. The standard InChI is InChI=1S/C12H23N3O3/c1-9(6-8-14(2)3)13-12(18)15-7-4-5-10(15)11(16)17/h9-10H,4-8H2,1-3H3,(H,13,18)(H,16,17)/t9?,10-/m0/s1. The van der Waals surface area contributed by atoms with Gasteiger partial charge in [-0.1, -0.05) is 0 Å². The number of hydrogen-bond donors (Lipinski definition) is 2. The van der Waals surface area contributed by atoms with Crippen LogP contribution in [0.1, 0.15) is 26.2 Å². The summed E-state index contributed by atoms with van der Waals surface area (Å²) in [5.74, 6) is -0.913. The fourth-order valence-corrected chi connectivity index (χ4v) is 2.08. The molecule has 2 atom stereocenters. The molecule has 1 heterocycles. The Morgan fingerprint density at radius 1 is 1.50 bits per heavy atom. The maximum absolute atomic E-state index is 12.0. The van der Waals surface area contributed by atoms with Crippen LogP contribution in [0.5, 0.6) is 0 Å². The maximum atomic E-state index is 12.0. The Labute approximate surface area is 108 Å². The molecule has 0 aromatic carbocycles. The molecule has 0 bridgehead atoms. The number of carboxylic acid groups (broad SMARTS) is 1. The van der Waals surface area contributed by atoms with Gasteiger partial charge in [0.1, 0.15) is 6.04 Å². The van der Waals surface area contributed by atoms with E-state index in [-0.39, 0.29) is 12.1 Å². The van der Waals surface area contributed by atoms with Gasteiger partial charge in [-0.2, -0.15) is 0 Å². The lowest BCUT2D eigenvalue weighted by molar-refractivity contribution is -0.141. The van der Waals surface area contributed by atoms with E-state index in [0.717, 1.165) is 19.4 Å². The number of hydrogen-bond acceptors (Lipinski definition) is 3. The molecule has 0 aromatic rings. The molecule has 0 radical (unpaired) electrons. The Morgan fingerprint density at radius 3 is 2.72 bits per heavy atom. The van der Waals surface area contributed by atoms with Gasteiger partial charge in [0.2, 0.25) is 0 Å². The first-order valence-electron chi connectivity index (χ1n) is 6.36. The topological polar surface area (TPSA) is 72.9 Å². The first kappa shape index (κ1) is 14.8. The van der Waals surface area contributed by atoms with Crippen molar-refractivity contribution in [2.45, 2.75) is 38.3 Å². The first-order valence-corrected chi connectivity index (χ1v) is 6.36.